The number of hydrogen-bond acceptors (Lipinski definition) is 5. The molecule has 0 bridgehead atoms. The number of ether oxygens (including phenoxy) is 1. The Balaban J connectivity index is 2.91. The van der Waals surface area contributed by atoms with Gasteiger partial charge in [-0.15, -0.1) is 0 Å². The zero-order chi connectivity index (χ0) is 9.14. The normalized spacial score (nSPS) is 12.5. The van der Waals surface area contributed by atoms with Gasteiger partial charge < -0.3 is 4.74 Å². The lowest BCUT2D eigenvalue weighted by atomic mass is 10.7. The van der Waals surface area contributed by atoms with E-state index in [0.29, 0.717) is 4.21 Å². The molecule has 0 aliphatic carbocycles. The number of carbonyl (C=O) groups excluding carboxylic acids is 1. The second-order valence-electron chi connectivity index (χ2n) is 1.93. The summed E-state index contributed by atoms with van der Waals surface area (Å²) in [7, 11) is 0.206. The van der Waals surface area contributed by atoms with Crippen LogP contribution in [0.4, 0.5) is 0 Å². The van der Waals surface area contributed by atoms with Crippen LogP contribution in [0.3, 0.4) is 0 Å². The maximum atomic E-state index is 10.9. The molecule has 0 fully saturated rings. The molecule has 1 rings (SSSR count). The van der Waals surface area contributed by atoms with Gasteiger partial charge in [0.05, 0.1) is 24.1 Å². The van der Waals surface area contributed by atoms with Crippen LogP contribution in [0.1, 0.15) is 9.80 Å². The van der Waals surface area contributed by atoms with Crippen molar-refractivity contribution in [1.82, 2.24) is 4.98 Å². The lowest BCUT2D eigenvalue weighted by Gasteiger charge is -1.89. The first-order valence-electron chi connectivity index (χ1n) is 3.02. The summed E-state index contributed by atoms with van der Waals surface area (Å²) in [6.45, 7) is 0. The number of rotatable bonds is 2. The van der Waals surface area contributed by atoms with Crippen LogP contribution in [-0.4, -0.2) is 28.5 Å². The first-order chi connectivity index (χ1) is 5.65. The van der Waals surface area contributed by atoms with Crippen LogP contribution in [0, 0.1) is 0 Å². The lowest BCUT2D eigenvalue weighted by molar-refractivity contribution is 0.0600. The Hall–Kier alpha value is -0.750. The number of hydrogen-bond donors (Lipinski definition) is 0. The van der Waals surface area contributed by atoms with Crippen LogP contribution >= 0.6 is 11.3 Å². The Morgan fingerprint density at radius 3 is 2.83 bits per heavy atom. The van der Waals surface area contributed by atoms with Crippen molar-refractivity contribution < 1.29 is 13.7 Å². The highest BCUT2D eigenvalue weighted by Gasteiger charge is 2.12. The Labute approximate surface area is 76.0 Å². The molecule has 0 spiro atoms. The van der Waals surface area contributed by atoms with Crippen LogP contribution in [0.15, 0.2) is 10.4 Å². The van der Waals surface area contributed by atoms with Gasteiger partial charge in [0.2, 0.25) is 5.01 Å². The summed E-state index contributed by atoms with van der Waals surface area (Å²) in [5.41, 5.74) is 0. The predicted molar refractivity (Wildman–Crippen MR) is 45.8 cm³/mol. The molecular formula is C6H7NO3S2. The first-order valence-corrected chi connectivity index (χ1v) is 5.40. The van der Waals surface area contributed by atoms with Crippen LogP contribution in [0.5, 0.6) is 0 Å². The van der Waals surface area contributed by atoms with E-state index in [-0.39, 0.29) is 5.01 Å². The summed E-state index contributed by atoms with van der Waals surface area (Å²) in [6, 6.07) is 0. The van der Waals surface area contributed by atoms with Crippen molar-refractivity contribution in [1.29, 1.82) is 0 Å². The Morgan fingerprint density at radius 2 is 2.42 bits per heavy atom. The van der Waals surface area contributed by atoms with E-state index in [1.807, 2.05) is 0 Å². The van der Waals surface area contributed by atoms with E-state index in [1.54, 1.807) is 0 Å². The van der Waals surface area contributed by atoms with Gasteiger partial charge in [-0.1, -0.05) is 11.3 Å². The molecule has 1 aromatic rings. The average molecular weight is 205 g/mol. The molecule has 1 unspecified atom stereocenters. The van der Waals surface area contributed by atoms with Gasteiger partial charge in [0.25, 0.3) is 0 Å². The molecule has 12 heavy (non-hydrogen) atoms. The van der Waals surface area contributed by atoms with Crippen LogP contribution in [0.25, 0.3) is 0 Å². The molecule has 0 N–H and O–H groups in total. The van der Waals surface area contributed by atoms with Gasteiger partial charge in [-0.05, 0) is 0 Å². The van der Waals surface area contributed by atoms with Gasteiger partial charge in [0, 0.05) is 6.26 Å². The summed E-state index contributed by atoms with van der Waals surface area (Å²) in [5.74, 6) is -0.489. The van der Waals surface area contributed by atoms with E-state index in [0.717, 1.165) is 11.3 Å². The summed E-state index contributed by atoms with van der Waals surface area (Å²) < 4.78 is 15.9. The third-order valence-electron chi connectivity index (χ3n) is 1.13. The number of esters is 1. The number of nitrogens with zero attached hydrogens (tertiary/aromatic N) is 1. The van der Waals surface area contributed by atoms with Crippen molar-refractivity contribution in [2.24, 2.45) is 0 Å². The number of methoxy groups -OCH3 is 1. The molecule has 1 atom stereocenters. The Bertz CT molecular complexity index is 320. The van der Waals surface area contributed by atoms with E-state index in [9.17, 15) is 9.00 Å². The Morgan fingerprint density at radius 1 is 1.75 bits per heavy atom. The number of aromatic nitrogens is 1. The van der Waals surface area contributed by atoms with Crippen molar-refractivity contribution in [3.63, 3.8) is 0 Å². The van der Waals surface area contributed by atoms with Crippen LogP contribution in [-0.2, 0) is 15.5 Å². The topological polar surface area (TPSA) is 56.3 Å². The molecule has 66 valence electrons. The molecule has 0 aliphatic heterocycles. The highest BCUT2D eigenvalue weighted by atomic mass is 32.2. The average Bonchev–Trinajstić information content (AvgIpc) is 2.51. The lowest BCUT2D eigenvalue weighted by Crippen LogP contribution is -1.98. The minimum atomic E-state index is -1.08. The third kappa shape index (κ3) is 1.89. The molecule has 4 nitrogen and oxygen atoms in total. The van der Waals surface area contributed by atoms with E-state index in [4.69, 9.17) is 0 Å². The molecule has 0 aromatic carbocycles. The first kappa shape index (κ1) is 9.34. The summed E-state index contributed by atoms with van der Waals surface area (Å²) in [4.78, 5) is 14.6. The largest absolute Gasteiger partial charge is 0.464 e. The number of thiazole rings is 1. The molecular weight excluding hydrogens is 198 g/mol. The van der Waals surface area contributed by atoms with Crippen LogP contribution in [0.2, 0.25) is 0 Å². The SMILES string of the molecule is COC(=O)c1ncc(S(C)=O)s1. The maximum Gasteiger partial charge on any atom is 0.367 e. The molecule has 0 aliphatic rings. The zero-order valence-electron chi connectivity index (χ0n) is 6.57. The third-order valence-corrected chi connectivity index (χ3v) is 3.53. The number of carbonyl (C=O) groups is 1. The summed E-state index contributed by atoms with van der Waals surface area (Å²) in [6.07, 6.45) is 2.96. The summed E-state index contributed by atoms with van der Waals surface area (Å²) in [5, 5.41) is 0.239. The fourth-order valence-electron chi connectivity index (χ4n) is 0.574. The quantitative estimate of drug-likeness (QED) is 0.666. The van der Waals surface area contributed by atoms with Crippen molar-refractivity contribution in [3.8, 4) is 0 Å². The molecule has 0 radical (unpaired) electrons. The molecule has 0 saturated carbocycles. The predicted octanol–water partition coefficient (Wildman–Crippen LogP) is 0.667. The van der Waals surface area contributed by atoms with Crippen molar-refractivity contribution in [2.75, 3.05) is 13.4 Å². The van der Waals surface area contributed by atoms with Crippen molar-refractivity contribution in [3.05, 3.63) is 11.2 Å². The Kier molecular flexibility index (Phi) is 2.93. The van der Waals surface area contributed by atoms with Gasteiger partial charge in [-0.25, -0.2) is 9.78 Å². The van der Waals surface area contributed by atoms with Gasteiger partial charge in [-0.2, -0.15) is 0 Å². The molecule has 1 heterocycles. The van der Waals surface area contributed by atoms with Gasteiger partial charge in [0.15, 0.2) is 0 Å². The monoisotopic (exact) mass is 205 g/mol. The zero-order valence-corrected chi connectivity index (χ0v) is 8.20. The van der Waals surface area contributed by atoms with Crippen LogP contribution < -0.4 is 0 Å². The van der Waals surface area contributed by atoms with E-state index < -0.39 is 16.8 Å². The highest BCUT2D eigenvalue weighted by molar-refractivity contribution is 7.86. The van der Waals surface area contributed by atoms with Crippen molar-refractivity contribution >= 4 is 28.1 Å². The molecule has 0 saturated heterocycles. The highest BCUT2D eigenvalue weighted by Crippen LogP contribution is 2.16. The van der Waals surface area contributed by atoms with Crippen molar-refractivity contribution in [2.45, 2.75) is 4.21 Å². The molecule has 1 aromatic heterocycles. The minimum absolute atomic E-state index is 0.239. The standard InChI is InChI=1S/C6H7NO3S2/c1-10-6(8)5-7-3-4(11-5)12(2)9/h3H,1-2H3. The minimum Gasteiger partial charge on any atom is -0.464 e. The maximum absolute atomic E-state index is 10.9. The fourth-order valence-corrected chi connectivity index (χ4v) is 2.05. The van der Waals surface area contributed by atoms with Gasteiger partial charge >= 0.3 is 5.97 Å². The fraction of sp³-hybridized carbons (Fsp3) is 0.333. The van der Waals surface area contributed by atoms with E-state index in [2.05, 4.69) is 9.72 Å². The molecule has 0 amide bonds. The smallest absolute Gasteiger partial charge is 0.367 e. The van der Waals surface area contributed by atoms with Gasteiger partial charge in [0.1, 0.15) is 4.21 Å². The second kappa shape index (κ2) is 3.77. The van der Waals surface area contributed by atoms with E-state index >= 15 is 0 Å². The second-order valence-corrected chi connectivity index (χ2v) is 4.57. The summed E-state index contributed by atoms with van der Waals surface area (Å²) >= 11 is 1.09. The molecule has 6 heteroatoms. The van der Waals surface area contributed by atoms with Gasteiger partial charge in [-0.3, -0.25) is 4.21 Å². The van der Waals surface area contributed by atoms with E-state index in [1.165, 1.54) is 19.6 Å².